The number of pyridine rings is 1. The number of hydrogen-bond donors (Lipinski definition) is 3. The molecule has 0 bridgehead atoms. The minimum atomic E-state index is -5.08. The molecule has 0 spiro atoms. The van der Waals surface area contributed by atoms with Crippen molar-refractivity contribution in [2.24, 2.45) is 5.16 Å². The number of morpholine rings is 1. The predicted octanol–water partition coefficient (Wildman–Crippen LogP) is 3.26. The molecule has 0 unspecified atom stereocenters. The highest BCUT2D eigenvalue weighted by Crippen LogP contribution is 2.27. The van der Waals surface area contributed by atoms with E-state index in [1.807, 2.05) is 49.4 Å². The van der Waals surface area contributed by atoms with E-state index in [0.29, 0.717) is 44.1 Å². The van der Waals surface area contributed by atoms with E-state index in [2.05, 4.69) is 20.4 Å². The van der Waals surface area contributed by atoms with E-state index >= 15 is 0 Å². The molecule has 1 fully saturated rings. The maximum atomic E-state index is 12.2. The molecule has 1 saturated heterocycles. The van der Waals surface area contributed by atoms with Crippen molar-refractivity contribution in [2.45, 2.75) is 19.5 Å². The number of benzene rings is 1. The van der Waals surface area contributed by atoms with Crippen LogP contribution in [0.3, 0.4) is 0 Å². The van der Waals surface area contributed by atoms with Gasteiger partial charge in [0.05, 0.1) is 30.2 Å². The molecule has 0 aliphatic carbocycles. The fraction of sp³-hybridized carbons (Fsp3) is 0.321. The molecule has 42 heavy (non-hydrogen) atoms. The summed E-state index contributed by atoms with van der Waals surface area (Å²) in [5, 5.41) is 14.1. The minimum Gasteiger partial charge on any atom is -0.475 e. The Morgan fingerprint density at radius 2 is 1.81 bits per heavy atom. The predicted molar refractivity (Wildman–Crippen MR) is 145 cm³/mol. The molecule has 0 saturated carbocycles. The number of carbonyl (C=O) groups excluding carboxylic acids is 2. The van der Waals surface area contributed by atoms with Crippen molar-refractivity contribution in [1.82, 2.24) is 20.2 Å². The first-order valence-electron chi connectivity index (χ1n) is 12.9. The topological polar surface area (TPSA) is 146 Å². The lowest BCUT2D eigenvalue weighted by Gasteiger charge is -2.26. The summed E-state index contributed by atoms with van der Waals surface area (Å²) < 4.78 is 37.0. The van der Waals surface area contributed by atoms with Crippen LogP contribution in [-0.4, -0.2) is 89.1 Å². The molecule has 222 valence electrons. The van der Waals surface area contributed by atoms with Crippen molar-refractivity contribution in [1.29, 1.82) is 0 Å². The summed E-state index contributed by atoms with van der Waals surface area (Å²) in [7, 11) is 0. The number of rotatable bonds is 6. The number of ether oxygens (including phenoxy) is 1. The van der Waals surface area contributed by atoms with Crippen LogP contribution in [0.5, 0.6) is 0 Å². The molecule has 11 nitrogen and oxygen atoms in total. The monoisotopic (exact) mass is 587 g/mol. The zero-order valence-electron chi connectivity index (χ0n) is 22.5. The molecular formula is C28H28F3N5O6. The Hall–Kier alpha value is -4.72. The molecule has 3 aromatic rings. The second kappa shape index (κ2) is 13.3. The Morgan fingerprint density at radius 3 is 2.45 bits per heavy atom. The van der Waals surface area contributed by atoms with Gasteiger partial charge in [-0.1, -0.05) is 29.4 Å². The number of alkyl halides is 3. The first-order valence-corrected chi connectivity index (χ1v) is 12.9. The van der Waals surface area contributed by atoms with Crippen LogP contribution in [0.25, 0.3) is 22.5 Å². The zero-order valence-corrected chi connectivity index (χ0v) is 22.5. The first-order chi connectivity index (χ1) is 20.0. The van der Waals surface area contributed by atoms with E-state index in [9.17, 15) is 22.8 Å². The highest BCUT2D eigenvalue weighted by molar-refractivity contribution is 5.99. The van der Waals surface area contributed by atoms with E-state index in [1.165, 1.54) is 0 Å². The number of nitrogens with zero attached hydrogens (tertiary/aromatic N) is 3. The Morgan fingerprint density at radius 1 is 1.12 bits per heavy atom. The molecule has 2 aliphatic heterocycles. The second-order valence-corrected chi connectivity index (χ2v) is 9.33. The number of nitrogens with one attached hydrogen (secondary N) is 2. The van der Waals surface area contributed by atoms with E-state index in [1.54, 1.807) is 11.1 Å². The molecule has 2 aromatic heterocycles. The molecule has 2 amide bonds. The standard InChI is InChI=1S/C26H27N5O4.C2HF3O2/c1-17(30-35-16-25(32)31-10-12-34-13-11-31)18-2-4-19(5-3-18)23-14-20(6-8-27-23)24-15-21-22(29-24)7-9-28-26(21)33;3-2(4,5)1(6)7/h2-6,8,14-15,29H,7,9-13,16H2,1H3,(H,28,33);(H,6,7)/b30-17-;. The maximum absolute atomic E-state index is 12.2. The van der Waals surface area contributed by atoms with Gasteiger partial charge in [-0.15, -0.1) is 0 Å². The number of amides is 2. The number of hydrogen-bond acceptors (Lipinski definition) is 7. The lowest BCUT2D eigenvalue weighted by Crippen LogP contribution is -2.42. The second-order valence-electron chi connectivity index (χ2n) is 9.33. The van der Waals surface area contributed by atoms with Gasteiger partial charge in [-0.25, -0.2) is 4.79 Å². The van der Waals surface area contributed by atoms with Gasteiger partial charge in [0, 0.05) is 54.8 Å². The van der Waals surface area contributed by atoms with Crippen molar-refractivity contribution >= 4 is 23.5 Å². The Kier molecular flexibility index (Phi) is 9.57. The Labute approximate surface area is 238 Å². The van der Waals surface area contributed by atoms with E-state index in [4.69, 9.17) is 19.5 Å². The molecule has 2 aliphatic rings. The zero-order chi connectivity index (χ0) is 30.3. The van der Waals surface area contributed by atoms with E-state index < -0.39 is 12.1 Å². The van der Waals surface area contributed by atoms with Crippen molar-refractivity contribution in [3.8, 4) is 22.5 Å². The highest BCUT2D eigenvalue weighted by atomic mass is 19.4. The smallest absolute Gasteiger partial charge is 0.475 e. The van der Waals surface area contributed by atoms with Gasteiger partial charge in [-0.05, 0) is 30.7 Å². The number of carbonyl (C=O) groups is 3. The molecule has 0 atom stereocenters. The van der Waals surface area contributed by atoms with Gasteiger partial charge in [0.15, 0.2) is 6.61 Å². The SMILES string of the molecule is C/C(=N/OCC(=O)N1CCOCC1)c1ccc(-c2cc(-c3cc4c([nH]3)CCNC4=O)ccn2)cc1.O=C(O)C(F)(F)F. The summed E-state index contributed by atoms with van der Waals surface area (Å²) in [6, 6.07) is 13.7. The van der Waals surface area contributed by atoms with Crippen molar-refractivity contribution in [2.75, 3.05) is 39.5 Å². The fourth-order valence-corrected chi connectivity index (χ4v) is 4.23. The summed E-state index contributed by atoms with van der Waals surface area (Å²) in [5.41, 5.74) is 6.91. The number of aliphatic carboxylic acids is 1. The molecule has 1 aromatic carbocycles. The van der Waals surface area contributed by atoms with Crippen LogP contribution in [0.2, 0.25) is 0 Å². The fourth-order valence-electron chi connectivity index (χ4n) is 4.23. The average molecular weight is 588 g/mol. The largest absolute Gasteiger partial charge is 0.490 e. The van der Waals surface area contributed by atoms with Crippen LogP contribution in [0.15, 0.2) is 53.8 Å². The number of carboxylic acid groups (broad SMARTS) is 1. The lowest BCUT2D eigenvalue weighted by atomic mass is 10.0. The first kappa shape index (κ1) is 30.2. The van der Waals surface area contributed by atoms with Gasteiger partial charge in [0.25, 0.3) is 11.8 Å². The van der Waals surface area contributed by atoms with Crippen LogP contribution in [-0.2, 0) is 25.6 Å². The third-order valence-electron chi connectivity index (χ3n) is 6.47. The highest BCUT2D eigenvalue weighted by Gasteiger charge is 2.38. The quantitative estimate of drug-likeness (QED) is 0.296. The third kappa shape index (κ3) is 7.72. The normalized spacial score (nSPS) is 15.2. The summed E-state index contributed by atoms with van der Waals surface area (Å²) in [5.74, 6) is -2.88. The van der Waals surface area contributed by atoms with Crippen LogP contribution in [0.1, 0.15) is 28.5 Å². The number of halogens is 3. The summed E-state index contributed by atoms with van der Waals surface area (Å²) in [6.07, 6.45) is -2.52. The number of aromatic amines is 1. The third-order valence-corrected chi connectivity index (χ3v) is 6.47. The number of carboxylic acids is 1. The minimum absolute atomic E-state index is 0.0370. The Bertz CT molecular complexity index is 1460. The van der Waals surface area contributed by atoms with Crippen LogP contribution >= 0.6 is 0 Å². The van der Waals surface area contributed by atoms with Crippen molar-refractivity contribution < 1.29 is 42.2 Å². The van der Waals surface area contributed by atoms with Crippen LogP contribution < -0.4 is 5.32 Å². The molecule has 5 rings (SSSR count). The molecule has 3 N–H and O–H groups in total. The number of fused-ring (bicyclic) bond motifs is 1. The van der Waals surface area contributed by atoms with Crippen LogP contribution in [0.4, 0.5) is 13.2 Å². The summed E-state index contributed by atoms with van der Waals surface area (Å²) >= 11 is 0. The van der Waals surface area contributed by atoms with E-state index in [-0.39, 0.29) is 18.4 Å². The van der Waals surface area contributed by atoms with Gasteiger partial charge in [-0.3, -0.25) is 14.6 Å². The average Bonchev–Trinajstić information content (AvgIpc) is 3.43. The molecular weight excluding hydrogens is 559 g/mol. The molecule has 14 heteroatoms. The van der Waals surface area contributed by atoms with Gasteiger partial charge in [0.1, 0.15) is 0 Å². The summed E-state index contributed by atoms with van der Waals surface area (Å²) in [6.45, 7) is 4.70. The van der Waals surface area contributed by atoms with Gasteiger partial charge < -0.3 is 29.9 Å². The number of oxime groups is 1. The lowest BCUT2D eigenvalue weighted by molar-refractivity contribution is -0.192. The Balaban J connectivity index is 0.000000517. The van der Waals surface area contributed by atoms with Gasteiger partial charge in [0.2, 0.25) is 0 Å². The van der Waals surface area contributed by atoms with E-state index in [0.717, 1.165) is 40.2 Å². The van der Waals surface area contributed by atoms with Gasteiger partial charge >= 0.3 is 12.1 Å². The summed E-state index contributed by atoms with van der Waals surface area (Å²) in [4.78, 5) is 48.1. The van der Waals surface area contributed by atoms with Crippen molar-refractivity contribution in [3.05, 3.63) is 65.5 Å². The number of H-pyrrole nitrogens is 1. The van der Waals surface area contributed by atoms with Gasteiger partial charge in [-0.2, -0.15) is 13.2 Å². The molecule has 4 heterocycles. The van der Waals surface area contributed by atoms with Crippen LogP contribution in [0, 0.1) is 0 Å². The number of aromatic nitrogens is 2. The maximum Gasteiger partial charge on any atom is 0.490 e. The van der Waals surface area contributed by atoms with Crippen molar-refractivity contribution in [3.63, 3.8) is 0 Å². The molecule has 0 radical (unpaired) electrons.